The van der Waals surface area contributed by atoms with Gasteiger partial charge in [0, 0.05) is 36.0 Å². The van der Waals surface area contributed by atoms with E-state index >= 15 is 0 Å². The number of imidazole rings is 1. The highest BCUT2D eigenvalue weighted by atomic mass is 35.5. The fourth-order valence-electron chi connectivity index (χ4n) is 4.67. The van der Waals surface area contributed by atoms with Crippen molar-refractivity contribution in [1.29, 1.82) is 5.41 Å². The number of hydrogen-bond donors (Lipinski definition) is 3. The first-order valence-corrected chi connectivity index (χ1v) is 11.7. The first-order valence-electron chi connectivity index (χ1n) is 11.2. The van der Waals surface area contributed by atoms with Gasteiger partial charge in [0.2, 0.25) is 0 Å². The van der Waals surface area contributed by atoms with E-state index in [2.05, 4.69) is 28.1 Å². The lowest BCUT2D eigenvalue weighted by molar-refractivity contribution is -0.124. The van der Waals surface area contributed by atoms with Crippen LogP contribution in [0.15, 0.2) is 42.5 Å². The molecule has 0 aliphatic heterocycles. The highest BCUT2D eigenvalue weighted by Gasteiger charge is 2.30. The number of nitrogen functional groups attached to an aromatic ring is 1. The van der Waals surface area contributed by atoms with E-state index in [1.54, 1.807) is 0 Å². The minimum absolute atomic E-state index is 0.0570. The molecule has 0 amide bonds. The van der Waals surface area contributed by atoms with E-state index in [-0.39, 0.29) is 17.7 Å². The molecule has 2 aromatic carbocycles. The number of hydrogen-bond acceptors (Lipinski definition) is 4. The molecule has 168 valence electrons. The molecule has 1 saturated carbocycles. The molecular formula is C25H30ClN5O. The summed E-state index contributed by atoms with van der Waals surface area (Å²) in [5, 5.41) is 10.9. The topological polar surface area (TPSA) is 96.8 Å². The summed E-state index contributed by atoms with van der Waals surface area (Å²) in [5.74, 6) is 1.81. The standard InChI is InChI=1S/C25H30ClN5O/c1-31-22-11-8-18(20(12-13-26)24(32)16-4-2-3-5-16)14-21(22)30-23(31)15-29-19-9-6-17(7-10-19)25(27)28/h6-11,14,16,20,29H,2-5,12-13,15H2,1H3,(H3,27,28). The molecule has 4 rings (SSSR count). The maximum atomic E-state index is 13.2. The summed E-state index contributed by atoms with van der Waals surface area (Å²) in [4.78, 5) is 18.0. The summed E-state index contributed by atoms with van der Waals surface area (Å²) in [6, 6.07) is 13.6. The number of rotatable bonds is 9. The van der Waals surface area contributed by atoms with Crippen LogP contribution in [0.1, 0.15) is 55.0 Å². The fraction of sp³-hybridized carbons (Fsp3) is 0.400. The first kappa shape index (κ1) is 22.3. The zero-order valence-electron chi connectivity index (χ0n) is 18.4. The van der Waals surface area contributed by atoms with Crippen molar-refractivity contribution in [2.24, 2.45) is 18.7 Å². The van der Waals surface area contributed by atoms with Crippen molar-refractivity contribution in [1.82, 2.24) is 9.55 Å². The van der Waals surface area contributed by atoms with Gasteiger partial charge in [0.05, 0.1) is 17.6 Å². The van der Waals surface area contributed by atoms with E-state index in [4.69, 9.17) is 27.7 Å². The zero-order valence-corrected chi connectivity index (χ0v) is 19.2. The Labute approximate surface area is 193 Å². The molecule has 3 aromatic rings. The molecule has 1 aliphatic carbocycles. The van der Waals surface area contributed by atoms with Crippen LogP contribution < -0.4 is 11.1 Å². The van der Waals surface area contributed by atoms with Gasteiger partial charge in [-0.1, -0.05) is 18.9 Å². The lowest BCUT2D eigenvalue weighted by Crippen LogP contribution is -2.20. The number of carbonyl (C=O) groups excluding carboxylic acids is 1. The number of nitrogens with two attached hydrogens (primary N) is 1. The van der Waals surface area contributed by atoms with Crippen LogP contribution in [0.25, 0.3) is 11.0 Å². The Hall–Kier alpha value is -2.86. The van der Waals surface area contributed by atoms with E-state index < -0.39 is 0 Å². The summed E-state index contributed by atoms with van der Waals surface area (Å²) in [5.41, 5.74) is 10.1. The van der Waals surface area contributed by atoms with Gasteiger partial charge in [-0.3, -0.25) is 10.2 Å². The number of nitrogens with one attached hydrogen (secondary N) is 2. The molecule has 6 nitrogen and oxygen atoms in total. The van der Waals surface area contributed by atoms with E-state index in [9.17, 15) is 4.79 Å². The Morgan fingerprint density at radius 3 is 2.62 bits per heavy atom. The molecule has 0 saturated heterocycles. The predicted octanol–water partition coefficient (Wildman–Crippen LogP) is 4.94. The van der Waals surface area contributed by atoms with Crippen molar-refractivity contribution in [2.75, 3.05) is 11.2 Å². The van der Waals surface area contributed by atoms with Crippen LogP contribution in [0.3, 0.4) is 0 Å². The summed E-state index contributed by atoms with van der Waals surface area (Å²) in [6.45, 7) is 0.562. The van der Waals surface area contributed by atoms with Crippen molar-refractivity contribution >= 4 is 39.9 Å². The molecule has 1 aliphatic rings. The van der Waals surface area contributed by atoms with Gasteiger partial charge in [-0.2, -0.15) is 0 Å². The van der Waals surface area contributed by atoms with E-state index in [0.717, 1.165) is 53.8 Å². The fourth-order valence-corrected chi connectivity index (χ4v) is 4.89. The number of halogens is 1. The van der Waals surface area contributed by atoms with Gasteiger partial charge in [-0.25, -0.2) is 4.98 Å². The van der Waals surface area contributed by atoms with Crippen LogP contribution in [-0.4, -0.2) is 27.0 Å². The molecule has 0 radical (unpaired) electrons. The molecule has 32 heavy (non-hydrogen) atoms. The van der Waals surface area contributed by atoms with Crippen molar-refractivity contribution in [3.63, 3.8) is 0 Å². The average Bonchev–Trinajstić information content (AvgIpc) is 3.44. The maximum absolute atomic E-state index is 13.2. The Bertz CT molecular complexity index is 1120. The number of alkyl halides is 1. The Kier molecular flexibility index (Phi) is 6.80. The minimum Gasteiger partial charge on any atom is -0.384 e. The Morgan fingerprint density at radius 1 is 1.25 bits per heavy atom. The third kappa shape index (κ3) is 4.65. The van der Waals surface area contributed by atoms with Gasteiger partial charge in [0.15, 0.2) is 0 Å². The number of anilines is 1. The molecule has 0 bridgehead atoms. The van der Waals surface area contributed by atoms with Gasteiger partial charge in [0.25, 0.3) is 0 Å². The lowest BCUT2D eigenvalue weighted by Gasteiger charge is -2.19. The number of nitrogens with zero attached hydrogens (tertiary/aromatic N) is 2. The van der Waals surface area contributed by atoms with Crippen molar-refractivity contribution in [3.05, 3.63) is 59.4 Å². The summed E-state index contributed by atoms with van der Waals surface area (Å²) >= 11 is 6.07. The van der Waals surface area contributed by atoms with Gasteiger partial charge in [-0.15, -0.1) is 11.6 Å². The summed E-state index contributed by atoms with van der Waals surface area (Å²) in [6.07, 6.45) is 4.98. The van der Waals surface area contributed by atoms with E-state index in [1.807, 2.05) is 31.3 Å². The molecule has 1 heterocycles. The molecule has 7 heteroatoms. The molecule has 4 N–H and O–H groups in total. The molecule has 1 unspecified atom stereocenters. The number of carbonyl (C=O) groups is 1. The van der Waals surface area contributed by atoms with Crippen molar-refractivity contribution < 1.29 is 4.79 Å². The third-order valence-corrected chi connectivity index (χ3v) is 6.76. The second-order valence-corrected chi connectivity index (χ2v) is 8.97. The van der Waals surface area contributed by atoms with Crippen LogP contribution >= 0.6 is 11.6 Å². The van der Waals surface area contributed by atoms with Crippen LogP contribution in [0.5, 0.6) is 0 Å². The second-order valence-electron chi connectivity index (χ2n) is 8.59. The minimum atomic E-state index is -0.150. The van der Waals surface area contributed by atoms with Gasteiger partial charge in [0.1, 0.15) is 17.4 Å². The Morgan fingerprint density at radius 2 is 1.97 bits per heavy atom. The number of ketones is 1. The van der Waals surface area contributed by atoms with Gasteiger partial charge >= 0.3 is 0 Å². The lowest BCUT2D eigenvalue weighted by atomic mass is 9.84. The largest absolute Gasteiger partial charge is 0.384 e. The molecule has 0 spiro atoms. The molecular weight excluding hydrogens is 422 g/mol. The number of aryl methyl sites for hydroxylation is 1. The SMILES string of the molecule is Cn1c(CNc2ccc(C(=N)N)cc2)nc2cc(C(CCCl)C(=O)C3CCCC3)ccc21. The monoisotopic (exact) mass is 451 g/mol. The van der Waals surface area contributed by atoms with Gasteiger partial charge in [-0.05, 0) is 61.2 Å². The smallest absolute Gasteiger partial charge is 0.143 e. The average molecular weight is 452 g/mol. The Balaban J connectivity index is 1.54. The molecule has 1 aromatic heterocycles. The van der Waals surface area contributed by atoms with E-state index in [1.165, 1.54) is 0 Å². The summed E-state index contributed by atoms with van der Waals surface area (Å²) < 4.78 is 2.07. The van der Waals surface area contributed by atoms with Gasteiger partial charge < -0.3 is 15.6 Å². The van der Waals surface area contributed by atoms with Crippen molar-refractivity contribution in [2.45, 2.75) is 44.6 Å². The zero-order chi connectivity index (χ0) is 22.7. The number of aromatic nitrogens is 2. The van der Waals surface area contributed by atoms with Crippen LogP contribution in [0.4, 0.5) is 5.69 Å². The van der Waals surface area contributed by atoms with E-state index in [0.29, 0.717) is 30.2 Å². The predicted molar refractivity (Wildman–Crippen MR) is 131 cm³/mol. The quantitative estimate of drug-likeness (QED) is 0.244. The maximum Gasteiger partial charge on any atom is 0.143 e. The summed E-state index contributed by atoms with van der Waals surface area (Å²) in [7, 11) is 2.00. The molecule has 1 atom stereocenters. The number of fused-ring (bicyclic) bond motifs is 1. The number of benzene rings is 2. The molecule has 1 fully saturated rings. The third-order valence-electron chi connectivity index (χ3n) is 6.55. The van der Waals surface area contributed by atoms with Crippen LogP contribution in [0.2, 0.25) is 0 Å². The second kappa shape index (κ2) is 9.74. The van der Waals surface area contributed by atoms with Crippen molar-refractivity contribution in [3.8, 4) is 0 Å². The van der Waals surface area contributed by atoms with Crippen LogP contribution in [0, 0.1) is 11.3 Å². The number of Topliss-reactive ketones (excluding diaryl/α,β-unsaturated/α-hetero) is 1. The highest BCUT2D eigenvalue weighted by molar-refractivity contribution is 6.18. The highest BCUT2D eigenvalue weighted by Crippen LogP contribution is 2.34. The van der Waals surface area contributed by atoms with Crippen LogP contribution in [-0.2, 0) is 18.4 Å². The normalized spacial score (nSPS) is 15.2. The number of amidine groups is 1. The first-order chi connectivity index (χ1) is 15.5.